The van der Waals surface area contributed by atoms with E-state index in [1.54, 1.807) is 6.92 Å². The quantitative estimate of drug-likeness (QED) is 0.865. The third kappa shape index (κ3) is 2.13. The number of β-amino-alcohol motifs (C(OH)–C–C–N with tert-alkyl or cyclic N) is 1. The first-order valence-electron chi connectivity index (χ1n) is 6.92. The average Bonchev–Trinajstić information content (AvgIpc) is 2.42. The molecular weight excluding hydrogens is 250 g/mol. The molecule has 0 radical (unpaired) electrons. The molecule has 0 aliphatic carbocycles. The Labute approximate surface area is 118 Å². The van der Waals surface area contributed by atoms with Crippen molar-refractivity contribution in [3.05, 3.63) is 48.0 Å². The van der Waals surface area contributed by atoms with Crippen LogP contribution in [0.5, 0.6) is 0 Å². The highest BCUT2D eigenvalue weighted by atomic mass is 16.3. The van der Waals surface area contributed by atoms with E-state index < -0.39 is 5.60 Å². The standard InChI is InChI=1S/C17H19NO2/c1-17(20)11-18(2)15(10-16(17)19)14-9-5-7-12-6-3-4-8-13(12)14/h3-9,15,20H,10-11H2,1-2H3/t15-,17-/m0/s1. The monoisotopic (exact) mass is 269 g/mol. The Hall–Kier alpha value is -1.71. The lowest BCUT2D eigenvalue weighted by molar-refractivity contribution is -0.144. The molecule has 3 heteroatoms. The Bertz CT molecular complexity index is 658. The molecule has 0 bridgehead atoms. The van der Waals surface area contributed by atoms with E-state index in [-0.39, 0.29) is 11.8 Å². The summed E-state index contributed by atoms with van der Waals surface area (Å²) in [4.78, 5) is 14.2. The first-order valence-corrected chi connectivity index (χ1v) is 6.92. The van der Waals surface area contributed by atoms with Gasteiger partial charge in [-0.2, -0.15) is 0 Å². The van der Waals surface area contributed by atoms with Crippen molar-refractivity contribution in [3.63, 3.8) is 0 Å². The fourth-order valence-electron chi connectivity index (χ4n) is 3.12. The molecule has 0 amide bonds. The van der Waals surface area contributed by atoms with E-state index >= 15 is 0 Å². The second kappa shape index (κ2) is 4.69. The van der Waals surface area contributed by atoms with Crippen LogP contribution in [0.25, 0.3) is 10.8 Å². The van der Waals surface area contributed by atoms with E-state index in [1.165, 1.54) is 10.8 Å². The predicted molar refractivity (Wildman–Crippen MR) is 79.6 cm³/mol. The number of carbonyl (C=O) groups excluding carboxylic acids is 1. The molecule has 3 rings (SSSR count). The van der Waals surface area contributed by atoms with E-state index in [4.69, 9.17) is 0 Å². The number of ketones is 1. The molecule has 0 unspecified atom stereocenters. The van der Waals surface area contributed by atoms with Gasteiger partial charge in [0.05, 0.1) is 0 Å². The van der Waals surface area contributed by atoms with E-state index in [1.807, 2.05) is 25.2 Å². The molecule has 1 fully saturated rings. The minimum absolute atomic E-state index is 0.0359. The Balaban J connectivity index is 2.05. The van der Waals surface area contributed by atoms with Crippen LogP contribution in [0.1, 0.15) is 24.9 Å². The summed E-state index contributed by atoms with van der Waals surface area (Å²) in [5.74, 6) is -0.0754. The highest BCUT2D eigenvalue weighted by Gasteiger charge is 2.40. The van der Waals surface area contributed by atoms with Gasteiger partial charge in [-0.1, -0.05) is 42.5 Å². The number of aliphatic hydroxyl groups is 1. The molecule has 3 nitrogen and oxygen atoms in total. The lowest BCUT2D eigenvalue weighted by atomic mass is 9.85. The van der Waals surface area contributed by atoms with Gasteiger partial charge in [0.2, 0.25) is 0 Å². The van der Waals surface area contributed by atoms with Crippen molar-refractivity contribution in [2.24, 2.45) is 0 Å². The highest BCUT2D eigenvalue weighted by molar-refractivity contribution is 5.90. The number of nitrogens with zero attached hydrogens (tertiary/aromatic N) is 1. The van der Waals surface area contributed by atoms with Gasteiger partial charge in [0, 0.05) is 19.0 Å². The number of Topliss-reactive ketones (excluding diaryl/α,β-unsaturated/α-hetero) is 1. The van der Waals surface area contributed by atoms with Gasteiger partial charge in [0.25, 0.3) is 0 Å². The SMILES string of the molecule is CN1C[C@](C)(O)C(=O)C[C@H]1c1cccc2ccccc12. The van der Waals surface area contributed by atoms with E-state index in [0.717, 1.165) is 5.56 Å². The zero-order valence-corrected chi connectivity index (χ0v) is 11.8. The maximum atomic E-state index is 12.1. The summed E-state index contributed by atoms with van der Waals surface area (Å²) in [6.07, 6.45) is 0.359. The minimum atomic E-state index is -1.23. The molecule has 1 saturated heterocycles. The first-order chi connectivity index (χ1) is 9.49. The lowest BCUT2D eigenvalue weighted by Crippen LogP contribution is -2.52. The van der Waals surface area contributed by atoms with Gasteiger partial charge in [-0.05, 0) is 30.3 Å². The first kappa shape index (κ1) is 13.3. The zero-order valence-electron chi connectivity index (χ0n) is 11.8. The van der Waals surface area contributed by atoms with Crippen LogP contribution in [0, 0.1) is 0 Å². The van der Waals surface area contributed by atoms with Crippen LogP contribution in [0.3, 0.4) is 0 Å². The van der Waals surface area contributed by atoms with Gasteiger partial charge in [0.1, 0.15) is 5.60 Å². The molecule has 1 aliphatic rings. The Morgan fingerprint density at radius 1 is 1.20 bits per heavy atom. The normalized spacial score (nSPS) is 27.9. The van der Waals surface area contributed by atoms with E-state index in [2.05, 4.69) is 29.2 Å². The van der Waals surface area contributed by atoms with Gasteiger partial charge in [-0.3, -0.25) is 9.69 Å². The van der Waals surface area contributed by atoms with Crippen LogP contribution in [0.4, 0.5) is 0 Å². The second-order valence-corrected chi connectivity index (χ2v) is 5.90. The van der Waals surface area contributed by atoms with Gasteiger partial charge in [0.15, 0.2) is 5.78 Å². The van der Waals surface area contributed by atoms with Crippen molar-refractivity contribution in [2.75, 3.05) is 13.6 Å². The molecule has 0 saturated carbocycles. The van der Waals surface area contributed by atoms with Crippen LogP contribution in [-0.2, 0) is 4.79 Å². The number of piperidine rings is 1. The summed E-state index contributed by atoms with van der Waals surface area (Å²) in [7, 11) is 1.97. The fourth-order valence-corrected chi connectivity index (χ4v) is 3.12. The third-order valence-corrected chi connectivity index (χ3v) is 4.25. The second-order valence-electron chi connectivity index (χ2n) is 5.90. The summed E-state index contributed by atoms with van der Waals surface area (Å²) < 4.78 is 0. The van der Waals surface area contributed by atoms with Crippen molar-refractivity contribution < 1.29 is 9.90 Å². The number of likely N-dealkylation sites (tertiary alicyclic amines) is 1. The van der Waals surface area contributed by atoms with Gasteiger partial charge >= 0.3 is 0 Å². The largest absolute Gasteiger partial charge is 0.381 e. The average molecular weight is 269 g/mol. The van der Waals surface area contributed by atoms with Crippen LogP contribution >= 0.6 is 0 Å². The smallest absolute Gasteiger partial charge is 0.167 e. The number of benzene rings is 2. The molecule has 2 aromatic rings. The molecule has 2 aromatic carbocycles. The Morgan fingerprint density at radius 3 is 2.70 bits per heavy atom. The summed E-state index contributed by atoms with van der Waals surface area (Å²) in [6, 6.07) is 14.4. The van der Waals surface area contributed by atoms with Crippen LogP contribution in [-0.4, -0.2) is 35.0 Å². The van der Waals surface area contributed by atoms with E-state index in [9.17, 15) is 9.90 Å². The van der Waals surface area contributed by atoms with Gasteiger partial charge in [-0.25, -0.2) is 0 Å². The molecule has 20 heavy (non-hydrogen) atoms. The lowest BCUT2D eigenvalue weighted by Gasteiger charge is -2.40. The van der Waals surface area contributed by atoms with Crippen molar-refractivity contribution >= 4 is 16.6 Å². The molecule has 1 heterocycles. The Kier molecular flexibility index (Phi) is 3.11. The van der Waals surface area contributed by atoms with Crippen molar-refractivity contribution in [1.82, 2.24) is 4.90 Å². The fraction of sp³-hybridized carbons (Fsp3) is 0.353. The zero-order chi connectivity index (χ0) is 14.3. The summed E-state index contributed by atoms with van der Waals surface area (Å²) in [5, 5.41) is 12.5. The van der Waals surface area contributed by atoms with Crippen molar-refractivity contribution in [2.45, 2.75) is 25.0 Å². The van der Waals surface area contributed by atoms with E-state index in [0.29, 0.717) is 13.0 Å². The number of hydrogen-bond donors (Lipinski definition) is 1. The maximum absolute atomic E-state index is 12.1. The van der Waals surface area contributed by atoms with Gasteiger partial charge in [-0.15, -0.1) is 0 Å². The molecule has 1 aliphatic heterocycles. The Morgan fingerprint density at radius 2 is 1.90 bits per heavy atom. The summed E-state index contributed by atoms with van der Waals surface area (Å²) in [5.41, 5.74) is -0.0648. The minimum Gasteiger partial charge on any atom is -0.381 e. The predicted octanol–water partition coefficient (Wildman–Crippen LogP) is 2.54. The van der Waals surface area contributed by atoms with Crippen LogP contribution in [0.15, 0.2) is 42.5 Å². The number of carbonyl (C=O) groups is 1. The third-order valence-electron chi connectivity index (χ3n) is 4.25. The summed E-state index contributed by atoms with van der Waals surface area (Å²) in [6.45, 7) is 1.98. The number of rotatable bonds is 1. The molecule has 2 atom stereocenters. The maximum Gasteiger partial charge on any atom is 0.167 e. The number of fused-ring (bicyclic) bond motifs is 1. The van der Waals surface area contributed by atoms with Crippen molar-refractivity contribution in [3.8, 4) is 0 Å². The molecule has 0 spiro atoms. The topological polar surface area (TPSA) is 40.5 Å². The number of hydrogen-bond acceptors (Lipinski definition) is 3. The molecular formula is C17H19NO2. The number of likely N-dealkylation sites (N-methyl/N-ethyl adjacent to an activating group) is 1. The van der Waals surface area contributed by atoms with Gasteiger partial charge < -0.3 is 5.11 Å². The highest BCUT2D eigenvalue weighted by Crippen LogP contribution is 2.35. The van der Waals surface area contributed by atoms with Crippen LogP contribution in [0.2, 0.25) is 0 Å². The summed E-state index contributed by atoms with van der Waals surface area (Å²) >= 11 is 0. The van der Waals surface area contributed by atoms with Crippen molar-refractivity contribution in [1.29, 1.82) is 0 Å². The molecule has 104 valence electrons. The molecule has 0 aromatic heterocycles. The molecule has 1 N–H and O–H groups in total. The van der Waals surface area contributed by atoms with Crippen LogP contribution < -0.4 is 0 Å².